The van der Waals surface area contributed by atoms with Crippen LogP contribution in [-0.4, -0.2) is 48.9 Å². The van der Waals surface area contributed by atoms with Crippen molar-refractivity contribution < 1.29 is 9.59 Å². The fraction of sp³-hybridized carbons (Fsp3) is 0.600. The largest absolute Gasteiger partial charge is 0.355 e. The van der Waals surface area contributed by atoms with E-state index in [-0.39, 0.29) is 5.91 Å². The number of hydrogen-bond acceptors (Lipinski definition) is 5. The summed E-state index contributed by atoms with van der Waals surface area (Å²) in [6.45, 7) is 22.2. The Morgan fingerprint density at radius 3 is 2.12 bits per heavy atom. The summed E-state index contributed by atoms with van der Waals surface area (Å²) < 4.78 is 0. The molecule has 0 aliphatic carbocycles. The summed E-state index contributed by atoms with van der Waals surface area (Å²) in [5.74, 6) is 4.66. The Balaban J connectivity index is 0.000000710. The van der Waals surface area contributed by atoms with Crippen molar-refractivity contribution in [2.75, 3.05) is 26.7 Å². The van der Waals surface area contributed by atoms with Gasteiger partial charge in [0.2, 0.25) is 12.3 Å². The van der Waals surface area contributed by atoms with Gasteiger partial charge in [0.1, 0.15) is 6.54 Å². The maximum absolute atomic E-state index is 12.1. The standard InChI is InChI=1S/C16H19NOS.C15H29N3O.C4H10/c1-4-5-10-19-16(13(2)3)15-8-6-14(7-9-15)11-17-12-18;1-5-8-14(13(2)3)11-18(16-4)12-15(19)17-9-6-7-10-17;1-4(2)3/h6-9,12H,4,11H2,1-3H3,(H,17,18);11,13,16H,5-10,12H2,1-4H3;4H,1-3H3/b;14-11+;. The molecule has 6 nitrogen and oxygen atoms in total. The fourth-order valence-corrected chi connectivity index (χ4v) is 4.71. The maximum Gasteiger partial charge on any atom is 0.243 e. The van der Waals surface area contributed by atoms with Crippen molar-refractivity contribution in [2.45, 2.75) is 101 Å². The van der Waals surface area contributed by atoms with Gasteiger partial charge in [0.25, 0.3) is 0 Å². The maximum atomic E-state index is 12.1. The zero-order valence-electron chi connectivity index (χ0n) is 28.1. The van der Waals surface area contributed by atoms with Crippen molar-refractivity contribution in [1.82, 2.24) is 20.7 Å². The Hall–Kier alpha value is -2.69. The zero-order chi connectivity index (χ0) is 31.9. The van der Waals surface area contributed by atoms with Gasteiger partial charge in [0.15, 0.2) is 0 Å². The van der Waals surface area contributed by atoms with Gasteiger partial charge in [-0.05, 0) is 73.1 Å². The Kier molecular flexibility index (Phi) is 22.3. The van der Waals surface area contributed by atoms with E-state index >= 15 is 0 Å². The molecule has 0 spiro atoms. The molecular formula is C35H58N4O2S. The van der Waals surface area contributed by atoms with Crippen LogP contribution >= 0.6 is 11.8 Å². The van der Waals surface area contributed by atoms with Crippen molar-refractivity contribution in [3.05, 3.63) is 52.7 Å². The van der Waals surface area contributed by atoms with Crippen molar-refractivity contribution >= 4 is 29.0 Å². The lowest BCUT2D eigenvalue weighted by Crippen LogP contribution is -2.41. The molecule has 0 atom stereocenters. The van der Waals surface area contributed by atoms with Crippen LogP contribution in [-0.2, 0) is 16.1 Å². The molecule has 1 fully saturated rings. The number of amides is 2. The Bertz CT molecular complexity index is 1010. The fourth-order valence-electron chi connectivity index (χ4n) is 3.94. The SMILES string of the molecule is CC(C)C.CCC#CSC(=C(C)C)c1ccc(CNC=O)cc1.CCC/C(=C\N(CC(=O)N1CCCC1)NC)C(C)C. The molecule has 0 saturated carbocycles. The molecular weight excluding hydrogens is 540 g/mol. The average Bonchev–Trinajstić information content (AvgIpc) is 3.49. The lowest BCUT2D eigenvalue weighted by atomic mass is 10.00. The summed E-state index contributed by atoms with van der Waals surface area (Å²) in [6.07, 6.45) is 8.23. The van der Waals surface area contributed by atoms with Crippen LogP contribution in [0.2, 0.25) is 0 Å². The first-order valence-electron chi connectivity index (χ1n) is 15.5. The van der Waals surface area contributed by atoms with Crippen LogP contribution in [0, 0.1) is 23.0 Å². The smallest absolute Gasteiger partial charge is 0.243 e. The molecule has 1 aromatic rings. The molecule has 1 heterocycles. The highest BCUT2D eigenvalue weighted by Gasteiger charge is 2.19. The third kappa shape index (κ3) is 18.0. The third-order valence-electron chi connectivity index (χ3n) is 6.12. The highest BCUT2D eigenvalue weighted by molar-refractivity contribution is 8.12. The number of thioether (sulfide) groups is 1. The van der Waals surface area contributed by atoms with E-state index in [1.807, 2.05) is 36.0 Å². The lowest BCUT2D eigenvalue weighted by molar-refractivity contribution is -0.131. The van der Waals surface area contributed by atoms with E-state index < -0.39 is 0 Å². The van der Waals surface area contributed by atoms with E-state index in [1.54, 1.807) is 11.8 Å². The van der Waals surface area contributed by atoms with E-state index in [4.69, 9.17) is 0 Å². The molecule has 1 saturated heterocycles. The van der Waals surface area contributed by atoms with Crippen molar-refractivity contribution in [3.8, 4) is 11.2 Å². The lowest BCUT2D eigenvalue weighted by Gasteiger charge is -2.24. The van der Waals surface area contributed by atoms with Crippen molar-refractivity contribution in [2.24, 2.45) is 11.8 Å². The van der Waals surface area contributed by atoms with Gasteiger partial charge in [0, 0.05) is 44.2 Å². The Morgan fingerprint density at radius 1 is 1.07 bits per heavy atom. The van der Waals surface area contributed by atoms with Gasteiger partial charge in [-0.2, -0.15) is 0 Å². The number of hydrogen-bond donors (Lipinski definition) is 2. The number of rotatable bonds is 12. The molecule has 1 aliphatic heterocycles. The molecule has 2 N–H and O–H groups in total. The molecule has 42 heavy (non-hydrogen) atoms. The monoisotopic (exact) mass is 598 g/mol. The minimum atomic E-state index is 0.225. The molecule has 0 aromatic heterocycles. The van der Waals surface area contributed by atoms with Gasteiger partial charge in [0.05, 0.1) is 0 Å². The van der Waals surface area contributed by atoms with Gasteiger partial charge < -0.3 is 15.2 Å². The van der Waals surface area contributed by atoms with Gasteiger partial charge in [-0.1, -0.05) is 96.2 Å². The number of benzene rings is 1. The molecule has 7 heteroatoms. The molecule has 2 amide bonds. The predicted molar refractivity (Wildman–Crippen MR) is 183 cm³/mol. The number of nitrogens with one attached hydrogen (secondary N) is 2. The number of carbonyl (C=O) groups excluding carboxylic acids is 2. The van der Waals surface area contributed by atoms with Gasteiger partial charge in [-0.3, -0.25) is 9.59 Å². The highest BCUT2D eigenvalue weighted by atomic mass is 32.2. The van der Waals surface area contributed by atoms with Crippen LogP contribution in [0.25, 0.3) is 4.91 Å². The first-order chi connectivity index (χ1) is 20.0. The molecule has 0 radical (unpaired) electrons. The van der Waals surface area contributed by atoms with Crippen LogP contribution < -0.4 is 10.7 Å². The van der Waals surface area contributed by atoms with Crippen LogP contribution in [0.4, 0.5) is 0 Å². The first kappa shape index (κ1) is 39.3. The van der Waals surface area contributed by atoms with Gasteiger partial charge in [-0.15, -0.1) is 0 Å². The topological polar surface area (TPSA) is 64.7 Å². The predicted octanol–water partition coefficient (Wildman–Crippen LogP) is 7.84. The minimum absolute atomic E-state index is 0.225. The summed E-state index contributed by atoms with van der Waals surface area (Å²) in [5, 5.41) is 7.69. The normalized spacial score (nSPS) is 12.4. The van der Waals surface area contributed by atoms with E-state index in [0.717, 1.165) is 56.7 Å². The number of allylic oxidation sites excluding steroid dienone is 2. The molecule has 2 rings (SSSR count). The summed E-state index contributed by atoms with van der Waals surface area (Å²) >= 11 is 1.58. The average molecular weight is 599 g/mol. The third-order valence-corrected chi connectivity index (χ3v) is 7.21. The van der Waals surface area contributed by atoms with E-state index in [1.165, 1.54) is 21.6 Å². The van der Waals surface area contributed by atoms with Crippen LogP contribution in [0.1, 0.15) is 106 Å². The van der Waals surface area contributed by atoms with Gasteiger partial charge in [-0.25, -0.2) is 5.43 Å². The Morgan fingerprint density at radius 2 is 1.67 bits per heavy atom. The second-order valence-corrected chi connectivity index (χ2v) is 12.4. The summed E-state index contributed by atoms with van der Waals surface area (Å²) in [5.41, 5.74) is 8.03. The molecule has 1 aliphatic rings. The summed E-state index contributed by atoms with van der Waals surface area (Å²) in [4.78, 5) is 25.6. The van der Waals surface area contributed by atoms with Crippen LogP contribution in [0.5, 0.6) is 0 Å². The summed E-state index contributed by atoms with van der Waals surface area (Å²) in [7, 11) is 1.87. The number of carbonyl (C=O) groups is 2. The second-order valence-electron chi connectivity index (χ2n) is 11.5. The highest BCUT2D eigenvalue weighted by Crippen LogP contribution is 2.30. The second kappa shape index (κ2) is 23.8. The number of nitrogens with zero attached hydrogens (tertiary/aromatic N) is 2. The van der Waals surface area contributed by atoms with Crippen molar-refractivity contribution in [3.63, 3.8) is 0 Å². The van der Waals surface area contributed by atoms with E-state index in [0.29, 0.717) is 25.4 Å². The number of likely N-dealkylation sites (tertiary alicyclic amines) is 1. The van der Waals surface area contributed by atoms with E-state index in [9.17, 15) is 9.59 Å². The van der Waals surface area contributed by atoms with Crippen LogP contribution in [0.3, 0.4) is 0 Å². The molecule has 0 unspecified atom stereocenters. The molecule has 0 bridgehead atoms. The number of hydrazine groups is 1. The van der Waals surface area contributed by atoms with Crippen LogP contribution in [0.15, 0.2) is 41.6 Å². The molecule has 1 aromatic carbocycles. The van der Waals surface area contributed by atoms with Gasteiger partial charge >= 0.3 is 0 Å². The summed E-state index contributed by atoms with van der Waals surface area (Å²) in [6, 6.07) is 8.21. The Labute approximate surface area is 262 Å². The quantitative estimate of drug-likeness (QED) is 0.146. The van der Waals surface area contributed by atoms with E-state index in [2.05, 4.69) is 95.6 Å². The first-order valence-corrected chi connectivity index (χ1v) is 16.3. The molecule has 236 valence electrons. The minimum Gasteiger partial charge on any atom is -0.355 e. The zero-order valence-corrected chi connectivity index (χ0v) is 28.9. The van der Waals surface area contributed by atoms with Crippen molar-refractivity contribution in [1.29, 1.82) is 0 Å².